The van der Waals surface area contributed by atoms with Gasteiger partial charge in [-0.25, -0.2) is 0 Å². The van der Waals surface area contributed by atoms with Gasteiger partial charge in [0.25, 0.3) is 11.8 Å². The lowest BCUT2D eigenvalue weighted by Crippen LogP contribution is -2.42. The third-order valence-corrected chi connectivity index (χ3v) is 5.20. The van der Waals surface area contributed by atoms with Crippen LogP contribution in [0.5, 0.6) is 5.75 Å². The van der Waals surface area contributed by atoms with Crippen LogP contribution in [0.25, 0.3) is 0 Å². The van der Waals surface area contributed by atoms with Crippen LogP contribution in [-0.4, -0.2) is 34.4 Å². The number of phenols is 1. The van der Waals surface area contributed by atoms with Crippen molar-refractivity contribution < 1.29 is 14.7 Å². The number of para-hydroxylation sites is 1. The highest BCUT2D eigenvalue weighted by atomic mass is 16.3. The second-order valence-corrected chi connectivity index (χ2v) is 7.19. The highest BCUT2D eigenvalue weighted by molar-refractivity contribution is 5.97. The Kier molecular flexibility index (Phi) is 5.79. The van der Waals surface area contributed by atoms with Gasteiger partial charge in [0, 0.05) is 24.7 Å². The average molecular weight is 366 g/mol. The Morgan fingerprint density at radius 3 is 2.59 bits per heavy atom. The fraction of sp³-hybridized carbons (Fsp3) is 0.364. The van der Waals surface area contributed by atoms with E-state index in [2.05, 4.69) is 12.2 Å². The van der Waals surface area contributed by atoms with Crippen molar-refractivity contribution in [2.75, 3.05) is 6.54 Å². The van der Waals surface area contributed by atoms with Gasteiger partial charge in [-0.3, -0.25) is 9.59 Å². The fourth-order valence-corrected chi connectivity index (χ4v) is 3.45. The molecule has 27 heavy (non-hydrogen) atoms. The van der Waals surface area contributed by atoms with E-state index in [4.69, 9.17) is 0 Å². The Morgan fingerprint density at radius 1 is 1.15 bits per heavy atom. The first kappa shape index (κ1) is 19.0. The van der Waals surface area contributed by atoms with E-state index in [0.717, 1.165) is 24.9 Å². The monoisotopic (exact) mass is 366 g/mol. The molecule has 0 bridgehead atoms. The molecular formula is C22H26N2O3. The van der Waals surface area contributed by atoms with Gasteiger partial charge >= 0.3 is 0 Å². The number of hydrogen-bond acceptors (Lipinski definition) is 3. The number of hydrogen-bond donors (Lipinski definition) is 2. The van der Waals surface area contributed by atoms with Gasteiger partial charge in [-0.1, -0.05) is 24.3 Å². The summed E-state index contributed by atoms with van der Waals surface area (Å²) in [6, 6.07) is 12.7. The first-order valence-electron chi connectivity index (χ1n) is 9.44. The Morgan fingerprint density at radius 2 is 1.89 bits per heavy atom. The third kappa shape index (κ3) is 4.30. The van der Waals surface area contributed by atoms with Gasteiger partial charge in [0.15, 0.2) is 0 Å². The van der Waals surface area contributed by atoms with Crippen molar-refractivity contribution in [1.82, 2.24) is 10.2 Å². The summed E-state index contributed by atoms with van der Waals surface area (Å²) in [4.78, 5) is 26.9. The van der Waals surface area contributed by atoms with Crippen LogP contribution in [0.1, 0.15) is 58.0 Å². The molecule has 5 heteroatoms. The minimum absolute atomic E-state index is 0.00611. The molecule has 1 heterocycles. The Labute approximate surface area is 160 Å². The van der Waals surface area contributed by atoms with Crippen molar-refractivity contribution >= 4 is 11.8 Å². The second-order valence-electron chi connectivity index (χ2n) is 7.19. The van der Waals surface area contributed by atoms with Gasteiger partial charge in [-0.05, 0) is 62.4 Å². The highest BCUT2D eigenvalue weighted by Gasteiger charge is 2.24. The fourth-order valence-electron chi connectivity index (χ4n) is 3.45. The minimum atomic E-state index is -0.321. The number of rotatable bonds is 4. The predicted octanol–water partition coefficient (Wildman–Crippen LogP) is 3.65. The smallest absolute Gasteiger partial charge is 0.255 e. The van der Waals surface area contributed by atoms with Crippen molar-refractivity contribution in [3.8, 4) is 5.75 Å². The van der Waals surface area contributed by atoms with E-state index in [-0.39, 0.29) is 29.2 Å². The molecule has 0 unspecified atom stereocenters. The maximum Gasteiger partial charge on any atom is 0.255 e. The van der Waals surface area contributed by atoms with Gasteiger partial charge in [-0.2, -0.15) is 0 Å². The quantitative estimate of drug-likeness (QED) is 0.868. The molecule has 2 aromatic rings. The Hall–Kier alpha value is -2.82. The number of piperidine rings is 1. The molecule has 1 aliphatic rings. The number of amides is 2. The number of phenolic OH excluding ortho intramolecular Hbond substituents is 1. The first-order chi connectivity index (χ1) is 13.0. The lowest BCUT2D eigenvalue weighted by molar-refractivity contribution is 0.0635. The summed E-state index contributed by atoms with van der Waals surface area (Å²) in [6.45, 7) is 5.01. The van der Waals surface area contributed by atoms with E-state index in [1.807, 2.05) is 29.2 Å². The molecule has 2 amide bonds. The molecule has 1 fully saturated rings. The molecule has 5 nitrogen and oxygen atoms in total. The van der Waals surface area contributed by atoms with E-state index in [9.17, 15) is 14.7 Å². The largest absolute Gasteiger partial charge is 0.507 e. The van der Waals surface area contributed by atoms with Gasteiger partial charge in [0.1, 0.15) is 5.75 Å². The number of carbonyl (C=O) groups excluding carboxylic acids is 2. The number of aryl methyl sites for hydroxylation is 1. The maximum atomic E-state index is 12.7. The molecule has 1 saturated heterocycles. The molecule has 1 atom stereocenters. The number of likely N-dealkylation sites (tertiary alicyclic amines) is 1. The SMILES string of the molecule is Cc1cccc(C(=O)NCc2ccc(C(=O)N3CCCC[C@@H]3C)cc2)c1O. The number of carbonyl (C=O) groups is 2. The molecule has 0 spiro atoms. The average Bonchev–Trinajstić information content (AvgIpc) is 2.68. The summed E-state index contributed by atoms with van der Waals surface area (Å²) in [5.74, 6) is -0.243. The molecule has 0 radical (unpaired) electrons. The van der Waals surface area contributed by atoms with E-state index < -0.39 is 0 Å². The Balaban J connectivity index is 1.61. The van der Waals surface area contributed by atoms with Crippen LogP contribution in [0, 0.1) is 6.92 Å². The van der Waals surface area contributed by atoms with E-state index in [0.29, 0.717) is 17.7 Å². The lowest BCUT2D eigenvalue weighted by Gasteiger charge is -2.33. The summed E-state index contributed by atoms with van der Waals surface area (Å²) >= 11 is 0. The molecular weight excluding hydrogens is 340 g/mol. The summed E-state index contributed by atoms with van der Waals surface area (Å²) in [7, 11) is 0. The molecule has 2 aromatic carbocycles. The van der Waals surface area contributed by atoms with Crippen molar-refractivity contribution in [2.24, 2.45) is 0 Å². The topological polar surface area (TPSA) is 69.6 Å². The van der Waals surface area contributed by atoms with E-state index >= 15 is 0 Å². The first-order valence-corrected chi connectivity index (χ1v) is 9.44. The lowest BCUT2D eigenvalue weighted by atomic mass is 10.0. The van der Waals surface area contributed by atoms with Crippen LogP contribution in [0.2, 0.25) is 0 Å². The van der Waals surface area contributed by atoms with Gasteiger partial charge in [0.05, 0.1) is 5.56 Å². The van der Waals surface area contributed by atoms with Crippen LogP contribution in [0.3, 0.4) is 0 Å². The van der Waals surface area contributed by atoms with Gasteiger partial charge in [-0.15, -0.1) is 0 Å². The van der Waals surface area contributed by atoms with Crippen molar-refractivity contribution in [1.29, 1.82) is 0 Å². The minimum Gasteiger partial charge on any atom is -0.507 e. The summed E-state index contributed by atoms with van der Waals surface area (Å²) < 4.78 is 0. The molecule has 0 saturated carbocycles. The van der Waals surface area contributed by atoms with Crippen LogP contribution < -0.4 is 5.32 Å². The van der Waals surface area contributed by atoms with Crippen LogP contribution >= 0.6 is 0 Å². The number of nitrogens with zero attached hydrogens (tertiary/aromatic N) is 1. The molecule has 142 valence electrons. The van der Waals surface area contributed by atoms with E-state index in [1.54, 1.807) is 25.1 Å². The highest BCUT2D eigenvalue weighted by Crippen LogP contribution is 2.22. The molecule has 1 aliphatic heterocycles. The van der Waals surface area contributed by atoms with Crippen LogP contribution in [0.15, 0.2) is 42.5 Å². The summed E-state index contributed by atoms with van der Waals surface area (Å²) in [6.07, 6.45) is 3.30. The molecule has 3 rings (SSSR count). The number of aromatic hydroxyl groups is 1. The molecule has 2 N–H and O–H groups in total. The standard InChI is InChI=1S/C22H26N2O3/c1-15-6-5-8-19(20(15)25)21(26)23-14-17-9-11-18(12-10-17)22(27)24-13-4-3-7-16(24)2/h5-6,8-12,16,25H,3-4,7,13-14H2,1-2H3,(H,23,26)/t16-/m0/s1. The number of nitrogens with one attached hydrogen (secondary N) is 1. The predicted molar refractivity (Wildman–Crippen MR) is 105 cm³/mol. The normalized spacial score (nSPS) is 16.8. The maximum absolute atomic E-state index is 12.7. The summed E-state index contributed by atoms with van der Waals surface area (Å²) in [5.41, 5.74) is 2.51. The zero-order chi connectivity index (χ0) is 19.4. The van der Waals surface area contributed by atoms with Crippen molar-refractivity contribution in [3.05, 3.63) is 64.7 Å². The van der Waals surface area contributed by atoms with Gasteiger partial charge in [0.2, 0.25) is 0 Å². The molecule has 0 aromatic heterocycles. The molecule has 0 aliphatic carbocycles. The second kappa shape index (κ2) is 8.25. The van der Waals surface area contributed by atoms with Crippen LogP contribution in [0.4, 0.5) is 0 Å². The third-order valence-electron chi connectivity index (χ3n) is 5.20. The zero-order valence-electron chi connectivity index (χ0n) is 15.9. The number of benzene rings is 2. The van der Waals surface area contributed by atoms with E-state index in [1.165, 1.54) is 6.42 Å². The van der Waals surface area contributed by atoms with Crippen LogP contribution in [-0.2, 0) is 6.54 Å². The summed E-state index contributed by atoms with van der Waals surface area (Å²) in [5, 5.41) is 12.8. The van der Waals surface area contributed by atoms with Gasteiger partial charge < -0.3 is 15.3 Å². The van der Waals surface area contributed by atoms with Crippen molar-refractivity contribution in [2.45, 2.75) is 45.7 Å². The Bertz CT molecular complexity index is 830. The zero-order valence-corrected chi connectivity index (χ0v) is 15.9. The van der Waals surface area contributed by atoms with Crippen molar-refractivity contribution in [3.63, 3.8) is 0 Å².